The zero-order valence-corrected chi connectivity index (χ0v) is 20.1. The maximum atomic E-state index is 3.12. The van der Waals surface area contributed by atoms with E-state index in [1.54, 1.807) is 0 Å². The van der Waals surface area contributed by atoms with Crippen molar-refractivity contribution >= 4 is 58.7 Å². The summed E-state index contributed by atoms with van der Waals surface area (Å²) in [5.74, 6) is 0. The van der Waals surface area contributed by atoms with Crippen LogP contribution < -0.4 is 15.9 Å². The summed E-state index contributed by atoms with van der Waals surface area (Å²) in [5, 5.41) is 5.53. The van der Waals surface area contributed by atoms with Gasteiger partial charge in [-0.15, -0.1) is 24.0 Å². The third kappa shape index (κ3) is 5.38. The fraction of sp³-hybridized carbons (Fsp3) is 0.0370. The minimum atomic E-state index is -0.467. The Kier molecular flexibility index (Phi) is 8.24. The number of benzene rings is 4. The molecular formula is C27H25INP. The quantitative estimate of drug-likeness (QED) is 0.205. The van der Waals surface area contributed by atoms with Crippen molar-refractivity contribution < 1.29 is 0 Å². The van der Waals surface area contributed by atoms with Gasteiger partial charge in [0.15, 0.2) is 0 Å². The summed E-state index contributed by atoms with van der Waals surface area (Å²) < 4.78 is 0. The van der Waals surface area contributed by atoms with Gasteiger partial charge in [-0.25, -0.2) is 0 Å². The number of hydrogen-bond donors (Lipinski definition) is 1. The molecule has 30 heavy (non-hydrogen) atoms. The van der Waals surface area contributed by atoms with Crippen molar-refractivity contribution in [2.24, 2.45) is 0 Å². The van der Waals surface area contributed by atoms with E-state index in [0.29, 0.717) is 0 Å². The van der Waals surface area contributed by atoms with E-state index >= 15 is 0 Å². The van der Waals surface area contributed by atoms with Gasteiger partial charge in [-0.1, -0.05) is 103 Å². The molecule has 150 valence electrons. The Morgan fingerprint density at radius 3 is 1.70 bits per heavy atom. The highest BCUT2D eigenvalue weighted by molar-refractivity contribution is 14.0. The average molecular weight is 521 g/mol. The Hall–Kier alpha value is -2.42. The maximum absolute atomic E-state index is 3.12. The molecule has 0 spiro atoms. The van der Waals surface area contributed by atoms with Crippen LogP contribution in [0.25, 0.3) is 10.9 Å². The molecule has 5 rings (SSSR count). The Morgan fingerprint density at radius 1 is 0.567 bits per heavy atom. The summed E-state index contributed by atoms with van der Waals surface area (Å²) in [6.07, 6.45) is 1.95. The lowest BCUT2D eigenvalue weighted by Crippen LogP contribution is -2.22. The third-order valence-electron chi connectivity index (χ3n) is 4.85. The van der Waals surface area contributed by atoms with Crippen LogP contribution in [-0.4, -0.2) is 4.98 Å². The van der Waals surface area contributed by atoms with E-state index in [9.17, 15) is 0 Å². The van der Waals surface area contributed by atoms with Crippen molar-refractivity contribution in [2.45, 2.75) is 6.92 Å². The molecule has 1 aromatic heterocycles. The van der Waals surface area contributed by atoms with Crippen molar-refractivity contribution in [3.8, 4) is 0 Å². The second-order valence-corrected chi connectivity index (χ2v) is 9.04. The van der Waals surface area contributed by atoms with Crippen LogP contribution in [0.3, 0.4) is 0 Å². The molecule has 0 saturated heterocycles. The number of para-hydroxylation sites is 1. The third-order valence-corrected chi connectivity index (χ3v) is 7.46. The maximum Gasteiger partial charge on any atom is 0.0453 e. The Balaban J connectivity index is 0.000000214. The molecule has 0 aliphatic heterocycles. The number of nitrogens with one attached hydrogen (secondary N) is 1. The number of hydrogen-bond acceptors (Lipinski definition) is 0. The van der Waals surface area contributed by atoms with Crippen LogP contribution in [0.15, 0.2) is 121 Å². The van der Waals surface area contributed by atoms with E-state index < -0.39 is 7.92 Å². The summed E-state index contributed by atoms with van der Waals surface area (Å²) in [6.45, 7) is 2.20. The Labute approximate surface area is 197 Å². The van der Waals surface area contributed by atoms with E-state index in [1.807, 2.05) is 18.3 Å². The van der Waals surface area contributed by atoms with Gasteiger partial charge in [0.05, 0.1) is 0 Å². The Bertz CT molecular complexity index is 1100. The molecule has 4 aromatic carbocycles. The standard InChI is InChI=1S/C19H17P.C8H7N.HI/c1-16-10-8-9-15-19(16)20(17-11-4-2-5-12-17)18-13-6-3-7-14-18;1-2-4-8-7(3-1)5-6-9-8;/h2-15H,1H3;1-6,9H;1H. The fourth-order valence-corrected chi connectivity index (χ4v) is 5.85. The highest BCUT2D eigenvalue weighted by atomic mass is 127. The van der Waals surface area contributed by atoms with Gasteiger partial charge in [0.2, 0.25) is 0 Å². The van der Waals surface area contributed by atoms with Gasteiger partial charge < -0.3 is 4.98 Å². The molecule has 0 saturated carbocycles. The van der Waals surface area contributed by atoms with Gasteiger partial charge in [0.1, 0.15) is 0 Å². The predicted molar refractivity (Wildman–Crippen MR) is 144 cm³/mol. The minimum Gasteiger partial charge on any atom is -0.361 e. The summed E-state index contributed by atoms with van der Waals surface area (Å²) in [6, 6.07) is 40.7. The zero-order valence-electron chi connectivity index (χ0n) is 16.9. The lowest BCUT2D eigenvalue weighted by molar-refractivity contribution is 1.48. The summed E-state index contributed by atoms with van der Waals surface area (Å²) in [4.78, 5) is 3.12. The van der Waals surface area contributed by atoms with Crippen LogP contribution in [0.5, 0.6) is 0 Å². The molecule has 0 amide bonds. The lowest BCUT2D eigenvalue weighted by atomic mass is 10.2. The fourth-order valence-electron chi connectivity index (χ4n) is 3.39. The second kappa shape index (κ2) is 11.1. The molecule has 0 radical (unpaired) electrons. The number of aryl methyl sites for hydroxylation is 1. The molecule has 0 bridgehead atoms. The summed E-state index contributed by atoms with van der Waals surface area (Å²) >= 11 is 0. The van der Waals surface area contributed by atoms with Gasteiger partial charge >= 0.3 is 0 Å². The van der Waals surface area contributed by atoms with Crippen molar-refractivity contribution in [3.63, 3.8) is 0 Å². The molecule has 5 aromatic rings. The number of aromatic amines is 1. The first kappa shape index (κ1) is 22.3. The van der Waals surface area contributed by atoms with Crippen molar-refractivity contribution in [1.82, 2.24) is 4.98 Å². The average Bonchev–Trinajstić information content (AvgIpc) is 3.26. The molecule has 0 aliphatic rings. The molecule has 1 heterocycles. The van der Waals surface area contributed by atoms with Crippen molar-refractivity contribution in [3.05, 3.63) is 127 Å². The van der Waals surface area contributed by atoms with E-state index in [0.717, 1.165) is 0 Å². The van der Waals surface area contributed by atoms with Crippen LogP contribution in [-0.2, 0) is 0 Å². The summed E-state index contributed by atoms with van der Waals surface area (Å²) in [7, 11) is -0.467. The molecule has 1 nitrogen and oxygen atoms in total. The van der Waals surface area contributed by atoms with Crippen molar-refractivity contribution in [1.29, 1.82) is 0 Å². The van der Waals surface area contributed by atoms with Crippen LogP contribution in [0.2, 0.25) is 0 Å². The first-order valence-electron chi connectivity index (χ1n) is 9.81. The Morgan fingerprint density at radius 2 is 1.10 bits per heavy atom. The lowest BCUT2D eigenvalue weighted by Gasteiger charge is -2.21. The number of aromatic nitrogens is 1. The number of rotatable bonds is 3. The predicted octanol–water partition coefficient (Wildman–Crippen LogP) is 6.54. The highest BCUT2D eigenvalue weighted by Gasteiger charge is 2.17. The minimum absolute atomic E-state index is 0. The first-order chi connectivity index (χ1) is 14.3. The van der Waals surface area contributed by atoms with Crippen LogP contribution in [0, 0.1) is 6.92 Å². The number of halogens is 1. The molecule has 0 fully saturated rings. The molecule has 3 heteroatoms. The number of fused-ring (bicyclic) bond motifs is 1. The van der Waals surface area contributed by atoms with E-state index in [-0.39, 0.29) is 24.0 Å². The van der Waals surface area contributed by atoms with Gasteiger partial charge in [0, 0.05) is 11.7 Å². The first-order valence-corrected chi connectivity index (χ1v) is 11.1. The van der Waals surface area contributed by atoms with Crippen LogP contribution in [0.1, 0.15) is 5.56 Å². The molecule has 0 aliphatic carbocycles. The number of H-pyrrole nitrogens is 1. The van der Waals surface area contributed by atoms with Gasteiger partial charge in [0.25, 0.3) is 0 Å². The normalized spacial score (nSPS) is 10.2. The van der Waals surface area contributed by atoms with Gasteiger partial charge in [-0.3, -0.25) is 0 Å². The van der Waals surface area contributed by atoms with Gasteiger partial charge in [-0.2, -0.15) is 0 Å². The second-order valence-electron chi connectivity index (χ2n) is 6.86. The monoisotopic (exact) mass is 521 g/mol. The zero-order chi connectivity index (χ0) is 19.9. The van der Waals surface area contributed by atoms with Crippen LogP contribution in [0.4, 0.5) is 0 Å². The highest BCUT2D eigenvalue weighted by Crippen LogP contribution is 2.33. The van der Waals surface area contributed by atoms with E-state index in [2.05, 4.69) is 115 Å². The molecule has 0 atom stereocenters. The summed E-state index contributed by atoms with van der Waals surface area (Å²) in [5.41, 5.74) is 2.57. The SMILES string of the molecule is Cc1ccccc1P(c1ccccc1)c1ccccc1.I.c1ccc2[nH]ccc2c1. The smallest absolute Gasteiger partial charge is 0.0453 e. The van der Waals surface area contributed by atoms with Crippen molar-refractivity contribution in [2.75, 3.05) is 0 Å². The topological polar surface area (TPSA) is 15.8 Å². The van der Waals surface area contributed by atoms with Crippen LogP contribution >= 0.6 is 31.9 Å². The molecule has 1 N–H and O–H groups in total. The van der Waals surface area contributed by atoms with E-state index in [1.165, 1.54) is 32.4 Å². The molecule has 0 unspecified atom stereocenters. The van der Waals surface area contributed by atoms with E-state index in [4.69, 9.17) is 0 Å². The van der Waals surface area contributed by atoms with Gasteiger partial charge in [-0.05, 0) is 53.8 Å². The molecular weight excluding hydrogens is 496 g/mol. The largest absolute Gasteiger partial charge is 0.361 e.